The molecule has 3 aromatic rings. The lowest BCUT2D eigenvalue weighted by molar-refractivity contribution is -0.116. The number of carbonyl (C=O) groups excluding carboxylic acids is 2. The fraction of sp³-hybridized carbons (Fsp3) is 0.174. The topological polar surface area (TPSA) is 89.4 Å². The van der Waals surface area contributed by atoms with Crippen LogP contribution in [0.4, 0.5) is 11.4 Å². The van der Waals surface area contributed by atoms with Crippen LogP contribution >= 0.6 is 11.6 Å². The molecule has 3 rings (SSSR count). The molecule has 0 radical (unpaired) electrons. The molecule has 0 atom stereocenters. The highest BCUT2D eigenvalue weighted by Crippen LogP contribution is 2.31. The quantitative estimate of drug-likeness (QED) is 0.607. The Hall–Kier alpha value is -3.58. The first-order chi connectivity index (χ1) is 14.8. The minimum absolute atomic E-state index is 0.0987. The minimum atomic E-state index is -0.341. The molecule has 0 spiro atoms. The lowest BCUT2D eigenvalue weighted by Gasteiger charge is -2.13. The van der Waals surface area contributed by atoms with Gasteiger partial charge in [-0.25, -0.2) is 0 Å². The first-order valence-electron chi connectivity index (χ1n) is 9.49. The van der Waals surface area contributed by atoms with Gasteiger partial charge >= 0.3 is 0 Å². The number of nitrogens with one attached hydrogen (secondary N) is 2. The number of anilines is 2. The third-order valence-electron chi connectivity index (χ3n) is 4.61. The Kier molecular flexibility index (Phi) is 6.77. The Labute approximate surface area is 184 Å². The number of methoxy groups -OCH3 is 1. The van der Waals surface area contributed by atoms with Gasteiger partial charge in [-0.1, -0.05) is 17.7 Å². The summed E-state index contributed by atoms with van der Waals surface area (Å²) in [7, 11) is 1.50. The van der Waals surface area contributed by atoms with E-state index in [0.29, 0.717) is 27.7 Å². The van der Waals surface area contributed by atoms with E-state index in [9.17, 15) is 14.4 Å². The Morgan fingerprint density at radius 3 is 2.42 bits per heavy atom. The average molecular weight is 440 g/mol. The molecule has 31 heavy (non-hydrogen) atoms. The van der Waals surface area contributed by atoms with E-state index in [1.807, 2.05) is 13.8 Å². The van der Waals surface area contributed by atoms with E-state index in [1.165, 1.54) is 17.7 Å². The molecular weight excluding hydrogens is 418 g/mol. The molecule has 0 unspecified atom stereocenters. The zero-order valence-electron chi connectivity index (χ0n) is 17.4. The largest absolute Gasteiger partial charge is 0.495 e. The van der Waals surface area contributed by atoms with E-state index in [2.05, 4.69) is 10.6 Å². The number of ether oxygens (including phenoxy) is 1. The maximum Gasteiger partial charge on any atom is 0.255 e. The predicted octanol–water partition coefficient (Wildman–Crippen LogP) is 4.02. The van der Waals surface area contributed by atoms with Crippen molar-refractivity contribution in [1.82, 2.24) is 4.57 Å². The molecule has 0 bridgehead atoms. The summed E-state index contributed by atoms with van der Waals surface area (Å²) < 4.78 is 6.62. The van der Waals surface area contributed by atoms with Gasteiger partial charge in [0, 0.05) is 34.6 Å². The van der Waals surface area contributed by atoms with Crippen LogP contribution in [0.3, 0.4) is 0 Å². The first kappa shape index (κ1) is 22.1. The number of carbonyl (C=O) groups is 2. The maximum absolute atomic E-state index is 12.6. The third kappa shape index (κ3) is 5.52. The predicted molar refractivity (Wildman–Crippen MR) is 121 cm³/mol. The van der Waals surface area contributed by atoms with E-state index in [-0.39, 0.29) is 23.9 Å². The zero-order chi connectivity index (χ0) is 22.5. The van der Waals surface area contributed by atoms with Crippen molar-refractivity contribution in [2.45, 2.75) is 20.4 Å². The lowest BCUT2D eigenvalue weighted by atomic mass is 10.1. The summed E-state index contributed by atoms with van der Waals surface area (Å²) in [6.45, 7) is 3.58. The van der Waals surface area contributed by atoms with Crippen molar-refractivity contribution in [3.8, 4) is 5.75 Å². The SMILES string of the molecule is COc1cc(Cl)c(C)cc1NC(=O)c1ccc(NC(=O)Cn2cc(C)ccc2=O)cc1. The average Bonchev–Trinajstić information content (AvgIpc) is 2.73. The van der Waals surface area contributed by atoms with Gasteiger partial charge < -0.3 is 19.9 Å². The highest BCUT2D eigenvalue weighted by atomic mass is 35.5. The molecule has 2 amide bonds. The summed E-state index contributed by atoms with van der Waals surface area (Å²) in [6, 6.07) is 12.9. The number of halogens is 1. The van der Waals surface area contributed by atoms with Crippen LogP contribution in [0.1, 0.15) is 21.5 Å². The van der Waals surface area contributed by atoms with Gasteiger partial charge in [-0.15, -0.1) is 0 Å². The standard InChI is InChI=1S/C23H22ClN3O4/c1-14-4-9-22(29)27(12-14)13-21(28)25-17-7-5-16(6-8-17)23(30)26-19-10-15(2)18(24)11-20(19)31-3/h4-12H,13H2,1-3H3,(H,25,28)(H,26,30). The molecule has 0 aliphatic rings. The second-order valence-electron chi connectivity index (χ2n) is 7.05. The first-order valence-corrected chi connectivity index (χ1v) is 9.87. The number of aryl methyl sites for hydroxylation is 2. The molecule has 160 valence electrons. The van der Waals surface area contributed by atoms with Crippen LogP contribution in [-0.2, 0) is 11.3 Å². The number of hydrogen-bond acceptors (Lipinski definition) is 4. The van der Waals surface area contributed by atoms with Gasteiger partial charge in [0.05, 0.1) is 12.8 Å². The Morgan fingerprint density at radius 2 is 1.74 bits per heavy atom. The summed E-state index contributed by atoms with van der Waals surface area (Å²) in [5.41, 5.74) is 2.87. The van der Waals surface area contributed by atoms with Crippen LogP contribution < -0.4 is 20.9 Å². The van der Waals surface area contributed by atoms with Gasteiger partial charge in [0.15, 0.2) is 0 Å². The molecule has 0 saturated heterocycles. The van der Waals surface area contributed by atoms with Crippen molar-refractivity contribution < 1.29 is 14.3 Å². The van der Waals surface area contributed by atoms with Crippen molar-refractivity contribution in [3.05, 3.63) is 86.8 Å². The molecule has 0 saturated carbocycles. The van der Waals surface area contributed by atoms with Crippen molar-refractivity contribution in [2.24, 2.45) is 0 Å². The number of aromatic nitrogens is 1. The lowest BCUT2D eigenvalue weighted by Crippen LogP contribution is -2.26. The summed E-state index contributed by atoms with van der Waals surface area (Å²) in [4.78, 5) is 36.7. The normalized spacial score (nSPS) is 10.5. The van der Waals surface area contributed by atoms with Gasteiger partial charge in [0.1, 0.15) is 12.3 Å². The van der Waals surface area contributed by atoms with Gasteiger partial charge in [-0.05, 0) is 55.3 Å². The van der Waals surface area contributed by atoms with E-state index in [1.54, 1.807) is 48.7 Å². The van der Waals surface area contributed by atoms with Gasteiger partial charge in [-0.3, -0.25) is 14.4 Å². The highest BCUT2D eigenvalue weighted by molar-refractivity contribution is 6.31. The van der Waals surface area contributed by atoms with Crippen molar-refractivity contribution >= 4 is 34.8 Å². The Bertz CT molecular complexity index is 1190. The molecule has 7 nitrogen and oxygen atoms in total. The van der Waals surface area contributed by atoms with E-state index >= 15 is 0 Å². The molecule has 1 heterocycles. The summed E-state index contributed by atoms with van der Waals surface area (Å²) in [6.07, 6.45) is 1.63. The van der Waals surface area contributed by atoms with Crippen LogP contribution in [0, 0.1) is 13.8 Å². The number of amides is 2. The van der Waals surface area contributed by atoms with Gasteiger partial charge in [0.25, 0.3) is 11.5 Å². The molecule has 1 aromatic heterocycles. The number of pyridine rings is 1. The fourth-order valence-corrected chi connectivity index (χ4v) is 3.11. The minimum Gasteiger partial charge on any atom is -0.495 e. The molecule has 0 fully saturated rings. The molecule has 0 aliphatic heterocycles. The van der Waals surface area contributed by atoms with Crippen LogP contribution in [0.15, 0.2) is 59.5 Å². The fourth-order valence-electron chi connectivity index (χ4n) is 2.96. The highest BCUT2D eigenvalue weighted by Gasteiger charge is 2.12. The smallest absolute Gasteiger partial charge is 0.255 e. The number of rotatable bonds is 6. The van der Waals surface area contributed by atoms with E-state index < -0.39 is 0 Å². The number of benzene rings is 2. The number of nitrogens with zero attached hydrogens (tertiary/aromatic N) is 1. The van der Waals surface area contributed by atoms with Crippen molar-refractivity contribution in [2.75, 3.05) is 17.7 Å². The van der Waals surface area contributed by atoms with E-state index in [0.717, 1.165) is 11.1 Å². The molecular formula is C23H22ClN3O4. The second-order valence-corrected chi connectivity index (χ2v) is 7.46. The van der Waals surface area contributed by atoms with Crippen LogP contribution in [0.2, 0.25) is 5.02 Å². The summed E-state index contributed by atoms with van der Waals surface area (Å²) in [5.74, 6) is -0.213. The second kappa shape index (κ2) is 9.49. The Balaban J connectivity index is 1.66. The van der Waals surface area contributed by atoms with E-state index in [4.69, 9.17) is 16.3 Å². The van der Waals surface area contributed by atoms with Gasteiger partial charge in [0.2, 0.25) is 5.91 Å². The van der Waals surface area contributed by atoms with Crippen LogP contribution in [-0.4, -0.2) is 23.5 Å². The molecule has 8 heteroatoms. The Morgan fingerprint density at radius 1 is 1.03 bits per heavy atom. The molecule has 2 aromatic carbocycles. The maximum atomic E-state index is 12.6. The monoisotopic (exact) mass is 439 g/mol. The van der Waals surface area contributed by atoms with Crippen molar-refractivity contribution in [3.63, 3.8) is 0 Å². The number of hydrogen-bond donors (Lipinski definition) is 2. The zero-order valence-corrected chi connectivity index (χ0v) is 18.1. The van der Waals surface area contributed by atoms with Crippen LogP contribution in [0.5, 0.6) is 5.75 Å². The molecule has 0 aliphatic carbocycles. The summed E-state index contributed by atoms with van der Waals surface area (Å²) >= 11 is 6.10. The van der Waals surface area contributed by atoms with Gasteiger partial charge in [-0.2, -0.15) is 0 Å². The molecule has 2 N–H and O–H groups in total. The summed E-state index contributed by atoms with van der Waals surface area (Å²) in [5, 5.41) is 6.07. The van der Waals surface area contributed by atoms with Crippen LogP contribution in [0.25, 0.3) is 0 Å². The van der Waals surface area contributed by atoms with Crippen molar-refractivity contribution in [1.29, 1.82) is 0 Å². The third-order valence-corrected chi connectivity index (χ3v) is 5.01.